The maximum Gasteiger partial charge on any atom is -0.000395 e. The highest BCUT2D eigenvalue weighted by atomic mass is 15.7. The molecular formula is C42H26. The van der Waals surface area contributed by atoms with Gasteiger partial charge in [0, 0.05) is 0 Å². The molecule has 32 unspecified atom stereocenters. The van der Waals surface area contributed by atoms with Crippen molar-refractivity contribution in [2.75, 3.05) is 0 Å². The Labute approximate surface area is 240 Å². The Bertz CT molecular complexity index is 2320. The van der Waals surface area contributed by atoms with E-state index in [9.17, 15) is 0 Å². The fourth-order valence-electron chi connectivity index (χ4n) is 46.1. The van der Waals surface area contributed by atoms with Crippen molar-refractivity contribution in [1.29, 1.82) is 0 Å². The van der Waals surface area contributed by atoms with Crippen molar-refractivity contribution in [3.8, 4) is 0 Å². The Morgan fingerprint density at radius 3 is 0.690 bits per heavy atom. The van der Waals surface area contributed by atoms with E-state index in [4.69, 9.17) is 0 Å². The van der Waals surface area contributed by atoms with Crippen molar-refractivity contribution < 1.29 is 0 Å². The highest BCUT2D eigenvalue weighted by Crippen LogP contribution is 3.68. The van der Waals surface area contributed by atoms with Crippen molar-refractivity contribution >= 4 is 0 Å². The third kappa shape index (κ3) is 0.289. The lowest BCUT2D eigenvalue weighted by Gasteiger charge is -3.65. The topological polar surface area (TPSA) is 0 Å². The zero-order chi connectivity index (χ0) is 23.2. The number of hydrogen-bond acceptors (Lipinski definition) is 0. The van der Waals surface area contributed by atoms with E-state index in [-0.39, 0.29) is 0 Å². The molecule has 194 valence electrons. The first-order chi connectivity index (χ1) is 20.9. The molecule has 0 aliphatic heterocycles. The van der Waals surface area contributed by atoms with E-state index in [1.807, 2.05) is 25.7 Å². The van der Waals surface area contributed by atoms with Crippen LogP contribution in [0.1, 0.15) is 25.7 Å². The van der Waals surface area contributed by atoms with Crippen molar-refractivity contribution in [2.24, 2.45) is 215 Å². The molecule has 0 radical (unpaired) electrons. The molecule has 0 amide bonds. The van der Waals surface area contributed by atoms with E-state index in [1.54, 1.807) is 0 Å². The van der Waals surface area contributed by atoms with Gasteiger partial charge in [0.25, 0.3) is 0 Å². The van der Waals surface area contributed by atoms with Crippen LogP contribution in [-0.2, 0) is 0 Å². The summed E-state index contributed by atoms with van der Waals surface area (Å²) in [7, 11) is 0. The monoisotopic (exact) mass is 530 g/mol. The SMILES string of the molecule is C1C2C3C4C5CC6C7C8C9C%10CC%11C%12C%13C%14CC%15C%16C%17C%18C1C21C32C43C56C74C85C96C%11%10C%127C%138C%14%15C%169C%17%10C%181C21C34C52C76C89C%1012. The fourth-order valence-corrected chi connectivity index (χ4v) is 46.1. The Kier molecular flexibility index (Phi) is 0.690. The van der Waals surface area contributed by atoms with Gasteiger partial charge in [0.2, 0.25) is 0 Å². The summed E-state index contributed by atoms with van der Waals surface area (Å²) in [5.41, 5.74) is 22.7. The van der Waals surface area contributed by atoms with Gasteiger partial charge in [-0.15, -0.1) is 0 Å². The van der Waals surface area contributed by atoms with E-state index in [0.717, 1.165) is 108 Å². The Morgan fingerprint density at radius 1 is 0.214 bits per heavy atom. The van der Waals surface area contributed by atoms with Gasteiger partial charge in [0.05, 0.1) is 0 Å². The predicted molar refractivity (Wildman–Crippen MR) is 130 cm³/mol. The third-order valence-corrected chi connectivity index (χ3v) is 36.3. The highest BCUT2D eigenvalue weighted by molar-refractivity contribution is 6.11. The molecule has 0 aromatic carbocycles. The molecule has 30 fully saturated rings. The van der Waals surface area contributed by atoms with Gasteiger partial charge in [-0.05, 0) is 241 Å². The van der Waals surface area contributed by atoms with E-state index >= 15 is 0 Å². The van der Waals surface area contributed by atoms with Gasteiger partial charge in [-0.25, -0.2) is 0 Å². The Balaban J connectivity index is 0.960. The maximum atomic E-state index is 1.84. The van der Waals surface area contributed by atoms with Crippen LogP contribution >= 0.6 is 0 Å². The zero-order valence-electron chi connectivity index (χ0n) is 23.2. The minimum absolute atomic E-state index is 1.11. The zero-order valence-corrected chi connectivity index (χ0v) is 23.2. The molecule has 0 heterocycles. The lowest BCUT2D eigenvalue weighted by molar-refractivity contribution is -1.21. The summed E-state index contributed by atoms with van der Waals surface area (Å²) < 4.78 is 0. The average Bonchev–Trinajstić information content (AvgIpc) is 2.84. The molecule has 20 spiro atoms. The molecule has 0 aromatic heterocycles. The van der Waals surface area contributed by atoms with Crippen LogP contribution in [0.5, 0.6) is 0 Å². The highest BCUT2D eigenvalue weighted by Gasteiger charge is 3.67. The largest absolute Gasteiger partial charge is 0.0458 e. The molecule has 0 saturated heterocycles. The minimum Gasteiger partial charge on any atom is -0.0458 e. The number of fused-ring (bicyclic) bond motifs is 14. The van der Waals surface area contributed by atoms with Crippen LogP contribution in [0, 0.1) is 215 Å². The van der Waals surface area contributed by atoms with Crippen LogP contribution in [0.4, 0.5) is 0 Å². The first-order valence-electron chi connectivity index (χ1n) is 20.9. The summed E-state index contributed by atoms with van der Waals surface area (Å²) in [6.45, 7) is 0. The van der Waals surface area contributed by atoms with Crippen LogP contribution < -0.4 is 0 Å². The van der Waals surface area contributed by atoms with Crippen molar-refractivity contribution in [2.45, 2.75) is 25.7 Å². The second-order valence-electron chi connectivity index (χ2n) is 27.1. The molecule has 30 aliphatic carbocycles. The summed E-state index contributed by atoms with van der Waals surface area (Å²) in [5, 5.41) is 0. The molecule has 42 heavy (non-hydrogen) atoms. The van der Waals surface area contributed by atoms with Gasteiger partial charge >= 0.3 is 0 Å². The number of rotatable bonds is 0. The Morgan fingerprint density at radius 2 is 0.429 bits per heavy atom. The van der Waals surface area contributed by atoms with Crippen LogP contribution in [0.15, 0.2) is 0 Å². The summed E-state index contributed by atoms with van der Waals surface area (Å²) >= 11 is 0. The molecule has 32 atom stereocenters. The van der Waals surface area contributed by atoms with Gasteiger partial charge in [-0.1, -0.05) is 0 Å². The second kappa shape index (κ2) is 2.07. The molecule has 30 saturated carbocycles. The van der Waals surface area contributed by atoms with E-state index in [1.165, 1.54) is 107 Å². The van der Waals surface area contributed by atoms with Crippen molar-refractivity contribution in [1.82, 2.24) is 0 Å². The predicted octanol–water partition coefficient (Wildman–Crippen LogP) is 3.77. The van der Waals surface area contributed by atoms with Crippen molar-refractivity contribution in [3.63, 3.8) is 0 Å². The smallest absolute Gasteiger partial charge is 0.000395 e. The standard InChI is InChI=1S/C42H26/c1-5-13-14-6-2-11-19-22-20-12-4-8-16-15-7-3-10-18-21-17-9(1)23(5)27(13)28(14)24(6,11)33(19)36(22)34(20)26(8,12)30(16)29(15)25(7,10)32(18)35(21)31(17,23)37(27)38(28,33)42(36)40(30,34)39(29,32)41(35,37)42/h5-22H,1-4H2. The fraction of sp³-hybridized carbons (Fsp3) is 1.00. The second-order valence-corrected chi connectivity index (χ2v) is 27.1. The minimum atomic E-state index is 1.11. The Hall–Kier alpha value is 0. The van der Waals surface area contributed by atoms with Crippen LogP contribution in [-0.4, -0.2) is 0 Å². The summed E-state index contributed by atoms with van der Waals surface area (Å²) in [5.74, 6) is 25.0. The molecule has 30 rings (SSSR count). The molecule has 0 nitrogen and oxygen atoms in total. The van der Waals surface area contributed by atoms with Gasteiger partial charge in [0.15, 0.2) is 0 Å². The lowest BCUT2D eigenvalue weighted by atomic mass is 8.36. The third-order valence-electron chi connectivity index (χ3n) is 36.3. The summed E-state index contributed by atoms with van der Waals surface area (Å²) in [6.07, 6.45) is 7.34. The molecule has 0 heteroatoms. The molecule has 0 aromatic rings. The average molecular weight is 531 g/mol. The van der Waals surface area contributed by atoms with Crippen LogP contribution in [0.2, 0.25) is 0 Å². The molecular weight excluding hydrogens is 504 g/mol. The van der Waals surface area contributed by atoms with Gasteiger partial charge in [-0.2, -0.15) is 0 Å². The van der Waals surface area contributed by atoms with E-state index in [0.29, 0.717) is 0 Å². The first kappa shape index (κ1) is 14.0. The molecule has 0 bridgehead atoms. The summed E-state index contributed by atoms with van der Waals surface area (Å²) in [6, 6.07) is 0. The molecule has 30 aliphatic rings. The van der Waals surface area contributed by atoms with Crippen molar-refractivity contribution in [3.05, 3.63) is 0 Å². The van der Waals surface area contributed by atoms with Gasteiger partial charge in [-0.3, -0.25) is 0 Å². The van der Waals surface area contributed by atoms with Crippen LogP contribution in [0.3, 0.4) is 0 Å². The molecule has 0 N–H and O–H groups in total. The summed E-state index contributed by atoms with van der Waals surface area (Å²) in [4.78, 5) is 0. The van der Waals surface area contributed by atoms with Gasteiger partial charge < -0.3 is 0 Å². The normalized spacial score (nSPS) is 140. The first-order valence-corrected chi connectivity index (χ1v) is 20.9. The van der Waals surface area contributed by atoms with Crippen LogP contribution in [0.25, 0.3) is 0 Å². The lowest BCUT2D eigenvalue weighted by Crippen LogP contribution is -3.65. The van der Waals surface area contributed by atoms with E-state index in [2.05, 4.69) is 0 Å². The van der Waals surface area contributed by atoms with Gasteiger partial charge in [0.1, 0.15) is 0 Å². The maximum absolute atomic E-state index is 1.84. The van der Waals surface area contributed by atoms with E-state index < -0.39 is 0 Å². The quantitative estimate of drug-likeness (QED) is 0.448. The number of hydrogen-bond donors (Lipinski definition) is 0.